The molecule has 0 radical (unpaired) electrons. The van der Waals surface area contributed by atoms with Crippen molar-refractivity contribution in [2.75, 3.05) is 13.2 Å². The number of ether oxygens (including phenoxy) is 1. The summed E-state index contributed by atoms with van der Waals surface area (Å²) >= 11 is 5.79. The zero-order valence-corrected chi connectivity index (χ0v) is 18.9. The van der Waals surface area contributed by atoms with E-state index in [1.165, 1.54) is 5.56 Å². The standard InChI is InChI=1S/C25H29N3O2S/c1-17-10-11-20-14-21(24(29)27-23(20)13-17)15-28(16-22-9-6-12-30-22)25(31)26-18(2)19-7-4-3-5-8-19/h3-5,7-8,10-11,13-14,18,22H,6,9,12,15-16H2,1-2H3,(H,26,31)(H,27,29)/t18-,22-/m1/s1. The molecular formula is C25H29N3O2S. The molecule has 1 saturated heterocycles. The van der Waals surface area contributed by atoms with Crippen molar-refractivity contribution in [2.45, 2.75) is 45.4 Å². The molecule has 2 N–H and O–H groups in total. The second kappa shape index (κ2) is 9.62. The number of thiocarbonyl (C=S) groups is 1. The Morgan fingerprint density at radius 1 is 1.26 bits per heavy atom. The number of aryl methyl sites for hydroxylation is 1. The van der Waals surface area contributed by atoms with Crippen molar-refractivity contribution < 1.29 is 4.74 Å². The van der Waals surface area contributed by atoms with E-state index in [0.29, 0.717) is 23.8 Å². The van der Waals surface area contributed by atoms with E-state index < -0.39 is 0 Å². The average Bonchev–Trinajstić information content (AvgIpc) is 3.27. The lowest BCUT2D eigenvalue weighted by Gasteiger charge is -2.30. The Hall–Kier alpha value is -2.70. The van der Waals surface area contributed by atoms with Gasteiger partial charge in [-0.15, -0.1) is 0 Å². The number of nitrogens with zero attached hydrogens (tertiary/aromatic N) is 1. The van der Waals surface area contributed by atoms with Crippen molar-refractivity contribution in [1.82, 2.24) is 15.2 Å². The number of nitrogens with one attached hydrogen (secondary N) is 2. The first-order chi connectivity index (χ1) is 15.0. The zero-order chi connectivity index (χ0) is 21.8. The number of hydrogen-bond acceptors (Lipinski definition) is 3. The van der Waals surface area contributed by atoms with Crippen LogP contribution < -0.4 is 10.9 Å². The molecule has 0 saturated carbocycles. The molecule has 4 rings (SSSR count). The van der Waals surface area contributed by atoms with Crippen molar-refractivity contribution in [2.24, 2.45) is 0 Å². The van der Waals surface area contributed by atoms with E-state index in [-0.39, 0.29) is 17.7 Å². The van der Waals surface area contributed by atoms with E-state index in [2.05, 4.69) is 40.3 Å². The lowest BCUT2D eigenvalue weighted by molar-refractivity contribution is 0.0895. The molecule has 2 heterocycles. The fourth-order valence-electron chi connectivity index (χ4n) is 4.04. The Labute approximate surface area is 188 Å². The normalized spacial score (nSPS) is 16.9. The van der Waals surface area contributed by atoms with Gasteiger partial charge in [-0.2, -0.15) is 0 Å². The Kier molecular flexibility index (Phi) is 6.68. The van der Waals surface area contributed by atoms with Crippen LogP contribution in [0.3, 0.4) is 0 Å². The summed E-state index contributed by atoms with van der Waals surface area (Å²) in [6, 6.07) is 18.4. The molecule has 0 amide bonds. The van der Waals surface area contributed by atoms with Crippen molar-refractivity contribution >= 4 is 28.2 Å². The van der Waals surface area contributed by atoms with E-state index in [1.54, 1.807) is 0 Å². The largest absolute Gasteiger partial charge is 0.376 e. The number of H-pyrrole nitrogens is 1. The minimum absolute atomic E-state index is 0.0681. The van der Waals surface area contributed by atoms with Crippen LogP contribution in [-0.2, 0) is 11.3 Å². The Balaban J connectivity index is 1.56. The van der Waals surface area contributed by atoms with Crippen molar-refractivity contribution in [3.8, 4) is 0 Å². The van der Waals surface area contributed by atoms with Crippen molar-refractivity contribution in [1.29, 1.82) is 0 Å². The third-order valence-electron chi connectivity index (χ3n) is 5.81. The van der Waals surface area contributed by atoms with E-state index in [0.717, 1.165) is 35.9 Å². The summed E-state index contributed by atoms with van der Waals surface area (Å²) in [4.78, 5) is 17.9. The van der Waals surface area contributed by atoms with Gasteiger partial charge in [-0.05, 0) is 67.6 Å². The van der Waals surface area contributed by atoms with Gasteiger partial charge >= 0.3 is 0 Å². The van der Waals surface area contributed by atoms with Gasteiger partial charge in [0.25, 0.3) is 5.56 Å². The highest BCUT2D eigenvalue weighted by atomic mass is 32.1. The third kappa shape index (κ3) is 5.32. The topological polar surface area (TPSA) is 57.4 Å². The maximum Gasteiger partial charge on any atom is 0.253 e. The first-order valence-electron chi connectivity index (χ1n) is 10.8. The van der Waals surface area contributed by atoms with Crippen LogP contribution in [0.2, 0.25) is 0 Å². The average molecular weight is 436 g/mol. The van der Waals surface area contributed by atoms with Gasteiger partial charge in [0.2, 0.25) is 0 Å². The molecule has 0 bridgehead atoms. The molecule has 1 aromatic heterocycles. The molecule has 0 unspecified atom stereocenters. The Bertz CT molecular complexity index is 1110. The highest BCUT2D eigenvalue weighted by Gasteiger charge is 2.23. The van der Waals surface area contributed by atoms with Crippen LogP contribution in [0.25, 0.3) is 10.9 Å². The minimum Gasteiger partial charge on any atom is -0.376 e. The van der Waals surface area contributed by atoms with Gasteiger partial charge < -0.3 is 19.9 Å². The lowest BCUT2D eigenvalue weighted by Crippen LogP contribution is -2.44. The lowest BCUT2D eigenvalue weighted by atomic mass is 10.1. The van der Waals surface area contributed by atoms with E-state index >= 15 is 0 Å². The second-order valence-corrected chi connectivity index (χ2v) is 8.70. The van der Waals surface area contributed by atoms with Crippen LogP contribution in [0.15, 0.2) is 59.4 Å². The maximum absolute atomic E-state index is 12.8. The van der Waals surface area contributed by atoms with Crippen LogP contribution in [0, 0.1) is 6.92 Å². The Morgan fingerprint density at radius 3 is 2.81 bits per heavy atom. The SMILES string of the molecule is Cc1ccc2cc(CN(C[C@H]3CCCO3)C(=S)N[C@H](C)c3ccccc3)c(=O)[nH]c2c1. The van der Waals surface area contributed by atoms with Gasteiger partial charge in [0.15, 0.2) is 5.11 Å². The number of hydrogen-bond donors (Lipinski definition) is 2. The fraction of sp³-hybridized carbons (Fsp3) is 0.360. The number of benzene rings is 2. The summed E-state index contributed by atoms with van der Waals surface area (Å²) in [6.07, 6.45) is 2.21. The Morgan fingerprint density at radius 2 is 2.06 bits per heavy atom. The van der Waals surface area contributed by atoms with Gasteiger partial charge in [-0.25, -0.2) is 0 Å². The molecule has 0 aliphatic carbocycles. The molecule has 1 fully saturated rings. The van der Waals surface area contributed by atoms with E-state index in [1.807, 2.05) is 43.3 Å². The van der Waals surface area contributed by atoms with Gasteiger partial charge in [-0.3, -0.25) is 4.79 Å². The highest BCUT2D eigenvalue weighted by Crippen LogP contribution is 2.18. The van der Waals surface area contributed by atoms with Gasteiger partial charge in [-0.1, -0.05) is 42.5 Å². The molecule has 6 heteroatoms. The minimum atomic E-state index is -0.0747. The van der Waals surface area contributed by atoms with Crippen molar-refractivity contribution in [3.63, 3.8) is 0 Å². The van der Waals surface area contributed by atoms with Crippen molar-refractivity contribution in [3.05, 3.63) is 81.6 Å². The first-order valence-corrected chi connectivity index (χ1v) is 11.2. The van der Waals surface area contributed by atoms with Crippen LogP contribution in [0.4, 0.5) is 0 Å². The second-order valence-electron chi connectivity index (χ2n) is 8.31. The van der Waals surface area contributed by atoms with Crippen LogP contribution >= 0.6 is 12.2 Å². The van der Waals surface area contributed by atoms with E-state index in [4.69, 9.17) is 17.0 Å². The van der Waals surface area contributed by atoms with Gasteiger partial charge in [0.05, 0.1) is 18.7 Å². The summed E-state index contributed by atoms with van der Waals surface area (Å²) in [6.45, 7) is 6.00. The smallest absolute Gasteiger partial charge is 0.253 e. The summed E-state index contributed by atoms with van der Waals surface area (Å²) in [5.74, 6) is 0. The van der Waals surface area contributed by atoms with Crippen LogP contribution in [0.5, 0.6) is 0 Å². The quantitative estimate of drug-likeness (QED) is 0.560. The number of fused-ring (bicyclic) bond motifs is 1. The van der Waals surface area contributed by atoms with Crippen LogP contribution in [-0.4, -0.2) is 34.3 Å². The molecule has 1 aliphatic heterocycles. The zero-order valence-electron chi connectivity index (χ0n) is 18.1. The summed E-state index contributed by atoms with van der Waals surface area (Å²) < 4.78 is 5.86. The molecule has 5 nitrogen and oxygen atoms in total. The predicted octanol–water partition coefficient (Wildman–Crippen LogP) is 4.45. The molecular weight excluding hydrogens is 406 g/mol. The number of aromatic amines is 1. The summed E-state index contributed by atoms with van der Waals surface area (Å²) in [5, 5.41) is 5.10. The summed E-state index contributed by atoms with van der Waals surface area (Å²) in [5.41, 5.74) is 3.77. The fourth-order valence-corrected chi connectivity index (χ4v) is 4.35. The van der Waals surface area contributed by atoms with Gasteiger partial charge in [0.1, 0.15) is 0 Å². The molecule has 31 heavy (non-hydrogen) atoms. The number of rotatable bonds is 6. The van der Waals surface area contributed by atoms with Gasteiger partial charge in [0, 0.05) is 24.2 Å². The number of pyridine rings is 1. The number of aromatic nitrogens is 1. The molecule has 1 aliphatic rings. The molecule has 162 valence electrons. The monoisotopic (exact) mass is 435 g/mol. The van der Waals surface area contributed by atoms with E-state index in [9.17, 15) is 4.79 Å². The molecule has 0 spiro atoms. The third-order valence-corrected chi connectivity index (χ3v) is 6.19. The highest BCUT2D eigenvalue weighted by molar-refractivity contribution is 7.80. The predicted molar refractivity (Wildman–Crippen MR) is 129 cm³/mol. The molecule has 3 aromatic rings. The van der Waals surface area contributed by atoms with Crippen LogP contribution in [0.1, 0.15) is 42.5 Å². The first kappa shape index (κ1) is 21.5. The summed E-state index contributed by atoms with van der Waals surface area (Å²) in [7, 11) is 0. The molecule has 2 atom stereocenters. The maximum atomic E-state index is 12.8. The molecule has 2 aromatic carbocycles.